The van der Waals surface area contributed by atoms with Crippen LogP contribution in [-0.4, -0.2) is 21.8 Å². The molecular formula is C9H8AsN. The number of hydrogen-bond donors (Lipinski definition) is 0. The first-order chi connectivity index (χ1) is 5.38. The molecule has 0 bridgehead atoms. The molecule has 1 heterocycles. The van der Waals surface area contributed by atoms with E-state index in [1.54, 1.807) is 16.9 Å². The first-order valence-electron chi connectivity index (χ1n) is 3.47. The zero-order valence-corrected chi connectivity index (χ0v) is 8.41. The van der Waals surface area contributed by atoms with Crippen LogP contribution in [0.5, 0.6) is 0 Å². The summed E-state index contributed by atoms with van der Waals surface area (Å²) in [6.45, 7) is 0. The van der Waals surface area contributed by atoms with Gasteiger partial charge in [-0.1, -0.05) is 0 Å². The van der Waals surface area contributed by atoms with E-state index in [0.29, 0.717) is 0 Å². The van der Waals surface area contributed by atoms with Gasteiger partial charge in [0.15, 0.2) is 0 Å². The molecule has 0 spiro atoms. The number of hydrogen-bond acceptors (Lipinski definition) is 1. The van der Waals surface area contributed by atoms with Gasteiger partial charge in [-0.3, -0.25) is 0 Å². The van der Waals surface area contributed by atoms with Gasteiger partial charge in [-0.2, -0.15) is 0 Å². The summed E-state index contributed by atoms with van der Waals surface area (Å²) in [6.07, 6.45) is 1.84. The third-order valence-corrected chi connectivity index (χ3v) is 2.64. The monoisotopic (exact) mass is 205 g/mol. The molecule has 0 N–H and O–H groups in total. The van der Waals surface area contributed by atoms with Crippen LogP contribution < -0.4 is 4.35 Å². The number of benzene rings is 1. The molecular weight excluding hydrogens is 197 g/mol. The van der Waals surface area contributed by atoms with Crippen LogP contribution in [0.4, 0.5) is 0 Å². The molecule has 0 saturated heterocycles. The summed E-state index contributed by atoms with van der Waals surface area (Å²) in [5.41, 5.74) is 1.13. The van der Waals surface area contributed by atoms with Crippen LogP contribution in [-0.2, 0) is 0 Å². The number of rotatable bonds is 0. The van der Waals surface area contributed by atoms with Crippen molar-refractivity contribution in [3.05, 3.63) is 36.5 Å². The molecule has 1 nitrogen and oxygen atoms in total. The molecule has 1 unspecified atom stereocenters. The van der Waals surface area contributed by atoms with E-state index in [4.69, 9.17) is 0 Å². The van der Waals surface area contributed by atoms with Crippen LogP contribution in [0.2, 0.25) is 0 Å². The van der Waals surface area contributed by atoms with E-state index in [9.17, 15) is 0 Å². The maximum absolute atomic E-state index is 4.30. The van der Waals surface area contributed by atoms with Crippen LogP contribution in [0, 0.1) is 0 Å². The molecule has 2 aromatic rings. The first-order valence-corrected chi connectivity index (χ1v) is 4.68. The molecule has 2 rings (SSSR count). The average Bonchev–Trinajstić information content (AvgIpc) is 2.06. The van der Waals surface area contributed by atoms with Gasteiger partial charge in [0.05, 0.1) is 0 Å². The van der Waals surface area contributed by atoms with Gasteiger partial charge < -0.3 is 0 Å². The van der Waals surface area contributed by atoms with Crippen molar-refractivity contribution in [2.45, 2.75) is 0 Å². The molecule has 11 heavy (non-hydrogen) atoms. The molecule has 0 aliphatic heterocycles. The van der Waals surface area contributed by atoms with Crippen LogP contribution in [0.3, 0.4) is 0 Å². The normalized spacial score (nSPS) is 10.3. The fraction of sp³-hybridized carbons (Fsp3) is 0. The van der Waals surface area contributed by atoms with Crippen LogP contribution in [0.25, 0.3) is 10.9 Å². The SMILES string of the molecule is [AsH2]c1cccc2cccnc12. The van der Waals surface area contributed by atoms with Crippen LogP contribution >= 0.6 is 0 Å². The van der Waals surface area contributed by atoms with Crippen LogP contribution in [0.1, 0.15) is 0 Å². The van der Waals surface area contributed by atoms with E-state index < -0.39 is 0 Å². The summed E-state index contributed by atoms with van der Waals surface area (Å²) in [5.74, 6) is 0. The van der Waals surface area contributed by atoms with Crippen molar-refractivity contribution in [3.63, 3.8) is 0 Å². The molecule has 0 aliphatic rings. The van der Waals surface area contributed by atoms with E-state index in [2.05, 4.69) is 29.2 Å². The van der Waals surface area contributed by atoms with Crippen molar-refractivity contribution < 1.29 is 0 Å². The fourth-order valence-electron chi connectivity index (χ4n) is 1.13. The zero-order chi connectivity index (χ0) is 7.68. The third kappa shape index (κ3) is 1.16. The van der Waals surface area contributed by atoms with Gasteiger partial charge in [-0.25, -0.2) is 0 Å². The minimum absolute atomic E-state index is 1.13. The molecule has 1 aromatic heterocycles. The van der Waals surface area contributed by atoms with E-state index in [1.165, 1.54) is 9.74 Å². The Labute approximate surface area is 74.0 Å². The molecule has 54 valence electrons. The van der Waals surface area contributed by atoms with Gasteiger partial charge in [0.1, 0.15) is 0 Å². The Morgan fingerprint density at radius 1 is 1.09 bits per heavy atom. The Morgan fingerprint density at radius 2 is 1.91 bits per heavy atom. The molecule has 2 heteroatoms. The Kier molecular flexibility index (Phi) is 1.67. The quantitative estimate of drug-likeness (QED) is 0.570. The van der Waals surface area contributed by atoms with Gasteiger partial charge in [0, 0.05) is 0 Å². The summed E-state index contributed by atoms with van der Waals surface area (Å²) in [5, 5.41) is 1.23. The number of fused-ring (bicyclic) bond motifs is 1. The summed E-state index contributed by atoms with van der Waals surface area (Å²) >= 11 is 1.63. The van der Waals surface area contributed by atoms with Crippen molar-refractivity contribution in [2.24, 2.45) is 0 Å². The molecule has 1 atom stereocenters. The van der Waals surface area contributed by atoms with E-state index in [0.717, 1.165) is 5.52 Å². The second kappa shape index (κ2) is 2.67. The van der Waals surface area contributed by atoms with Crippen molar-refractivity contribution in [2.75, 3.05) is 0 Å². The Balaban J connectivity index is 2.91. The van der Waals surface area contributed by atoms with Gasteiger partial charge in [0.25, 0.3) is 0 Å². The van der Waals surface area contributed by atoms with Gasteiger partial charge in [0.2, 0.25) is 0 Å². The number of aromatic nitrogens is 1. The minimum atomic E-state index is 1.13. The summed E-state index contributed by atoms with van der Waals surface area (Å²) in [4.78, 5) is 4.30. The number of para-hydroxylation sites is 1. The van der Waals surface area contributed by atoms with Gasteiger partial charge in [-0.15, -0.1) is 0 Å². The second-order valence-electron chi connectivity index (χ2n) is 2.42. The van der Waals surface area contributed by atoms with Crippen molar-refractivity contribution in [1.82, 2.24) is 4.98 Å². The summed E-state index contributed by atoms with van der Waals surface area (Å²) < 4.78 is 1.30. The Morgan fingerprint density at radius 3 is 2.73 bits per heavy atom. The van der Waals surface area contributed by atoms with Crippen molar-refractivity contribution >= 4 is 32.1 Å². The molecule has 0 fully saturated rings. The predicted octanol–water partition coefficient (Wildman–Crippen LogP) is 0.493. The Bertz CT molecular complexity index is 379. The number of nitrogens with zero attached hydrogens (tertiary/aromatic N) is 1. The average molecular weight is 205 g/mol. The molecule has 1 aromatic carbocycles. The van der Waals surface area contributed by atoms with E-state index >= 15 is 0 Å². The maximum atomic E-state index is 4.30. The first kappa shape index (κ1) is 6.87. The van der Waals surface area contributed by atoms with Crippen LogP contribution in [0.15, 0.2) is 36.5 Å². The zero-order valence-electron chi connectivity index (χ0n) is 5.99. The molecule has 0 radical (unpaired) electrons. The van der Waals surface area contributed by atoms with Crippen molar-refractivity contribution in [1.29, 1.82) is 0 Å². The van der Waals surface area contributed by atoms with E-state index in [-0.39, 0.29) is 0 Å². The third-order valence-electron chi connectivity index (χ3n) is 1.66. The fourth-order valence-corrected chi connectivity index (χ4v) is 1.87. The summed E-state index contributed by atoms with van der Waals surface area (Å²) in [7, 11) is 0. The van der Waals surface area contributed by atoms with Gasteiger partial charge >= 0.3 is 73.6 Å². The van der Waals surface area contributed by atoms with E-state index in [1.807, 2.05) is 12.3 Å². The molecule has 0 aliphatic carbocycles. The van der Waals surface area contributed by atoms with Gasteiger partial charge in [-0.05, 0) is 0 Å². The standard InChI is InChI=1S/C9H8AsN/c10-8-5-1-3-7-4-2-6-11-9(7)8/h1-6H,10H2. The number of pyridine rings is 1. The predicted molar refractivity (Wildman–Crippen MR) is 49.9 cm³/mol. The summed E-state index contributed by atoms with van der Waals surface area (Å²) in [6, 6.07) is 10.3. The molecule has 0 amide bonds. The van der Waals surface area contributed by atoms with Crippen molar-refractivity contribution in [3.8, 4) is 0 Å². The topological polar surface area (TPSA) is 12.9 Å². The molecule has 0 saturated carbocycles. The second-order valence-corrected chi connectivity index (χ2v) is 3.73. The Hall–Kier alpha value is -0.812.